The zero-order valence-corrected chi connectivity index (χ0v) is 12.7. The minimum Gasteiger partial charge on any atom is -0.376 e. The number of hydrogen-bond donors (Lipinski definition) is 1. The van der Waals surface area contributed by atoms with Gasteiger partial charge >= 0.3 is 0 Å². The standard InChI is InChI=1S/C17H24N2O2/c1-13-5-4-6-14(11-13)17-18-12-16(20)19(17)9-10-21-15-7-2-3-8-15/h4-6,11,15,17-18H,2-3,7-10,12H2,1H3. The summed E-state index contributed by atoms with van der Waals surface area (Å²) in [4.78, 5) is 14.0. The molecule has 1 amide bonds. The highest BCUT2D eigenvalue weighted by molar-refractivity contribution is 5.80. The van der Waals surface area contributed by atoms with E-state index < -0.39 is 0 Å². The number of aryl methyl sites for hydroxylation is 1. The molecule has 0 aromatic heterocycles. The van der Waals surface area contributed by atoms with Gasteiger partial charge in [-0.15, -0.1) is 0 Å². The molecule has 1 N–H and O–H groups in total. The van der Waals surface area contributed by atoms with Gasteiger partial charge in [0, 0.05) is 6.54 Å². The monoisotopic (exact) mass is 288 g/mol. The van der Waals surface area contributed by atoms with Gasteiger partial charge in [-0.05, 0) is 25.3 Å². The molecule has 114 valence electrons. The number of ether oxygens (including phenoxy) is 1. The van der Waals surface area contributed by atoms with E-state index in [-0.39, 0.29) is 12.1 Å². The molecular weight excluding hydrogens is 264 g/mol. The van der Waals surface area contributed by atoms with Crippen LogP contribution in [0.3, 0.4) is 0 Å². The van der Waals surface area contributed by atoms with Crippen LogP contribution in [-0.4, -0.2) is 36.6 Å². The Bertz CT molecular complexity index is 497. The fourth-order valence-corrected chi connectivity index (χ4v) is 3.30. The number of carbonyl (C=O) groups is 1. The van der Waals surface area contributed by atoms with Gasteiger partial charge in [0.15, 0.2) is 0 Å². The van der Waals surface area contributed by atoms with E-state index in [1.54, 1.807) is 0 Å². The Morgan fingerprint density at radius 3 is 2.90 bits per heavy atom. The predicted molar refractivity (Wildman–Crippen MR) is 81.8 cm³/mol. The summed E-state index contributed by atoms with van der Waals surface area (Å²) < 4.78 is 5.90. The molecule has 4 nitrogen and oxygen atoms in total. The molecule has 1 unspecified atom stereocenters. The van der Waals surface area contributed by atoms with Gasteiger partial charge in [0.2, 0.25) is 5.91 Å². The van der Waals surface area contributed by atoms with E-state index in [0.717, 1.165) is 5.56 Å². The van der Waals surface area contributed by atoms with Crippen molar-refractivity contribution in [3.8, 4) is 0 Å². The number of hydrogen-bond acceptors (Lipinski definition) is 3. The Kier molecular flexibility index (Phi) is 4.56. The molecule has 3 rings (SSSR count). The van der Waals surface area contributed by atoms with E-state index in [9.17, 15) is 4.79 Å². The third-order valence-corrected chi connectivity index (χ3v) is 4.42. The zero-order valence-electron chi connectivity index (χ0n) is 12.7. The fraction of sp³-hybridized carbons (Fsp3) is 0.588. The number of nitrogens with zero attached hydrogens (tertiary/aromatic N) is 1. The molecule has 2 aliphatic rings. The molecule has 1 atom stereocenters. The lowest BCUT2D eigenvalue weighted by Gasteiger charge is -2.25. The van der Waals surface area contributed by atoms with Crippen LogP contribution in [0, 0.1) is 6.92 Å². The number of benzene rings is 1. The molecule has 4 heteroatoms. The van der Waals surface area contributed by atoms with Gasteiger partial charge < -0.3 is 9.64 Å². The Balaban J connectivity index is 1.59. The van der Waals surface area contributed by atoms with Crippen LogP contribution in [0.2, 0.25) is 0 Å². The first-order chi connectivity index (χ1) is 10.2. The lowest BCUT2D eigenvalue weighted by Crippen LogP contribution is -2.34. The number of nitrogens with one attached hydrogen (secondary N) is 1. The summed E-state index contributed by atoms with van der Waals surface area (Å²) >= 11 is 0. The van der Waals surface area contributed by atoms with E-state index in [0.29, 0.717) is 25.8 Å². The summed E-state index contributed by atoms with van der Waals surface area (Å²) in [7, 11) is 0. The third-order valence-electron chi connectivity index (χ3n) is 4.42. The van der Waals surface area contributed by atoms with Gasteiger partial charge in [0.05, 0.1) is 19.3 Å². The van der Waals surface area contributed by atoms with Crippen LogP contribution in [0.1, 0.15) is 43.0 Å². The minimum atomic E-state index is -0.00965. The van der Waals surface area contributed by atoms with Gasteiger partial charge in [-0.25, -0.2) is 0 Å². The highest BCUT2D eigenvalue weighted by atomic mass is 16.5. The van der Waals surface area contributed by atoms with Gasteiger partial charge in [-0.2, -0.15) is 0 Å². The van der Waals surface area contributed by atoms with Crippen molar-refractivity contribution in [2.75, 3.05) is 19.7 Å². The van der Waals surface area contributed by atoms with Crippen molar-refractivity contribution in [2.24, 2.45) is 0 Å². The second-order valence-electron chi connectivity index (χ2n) is 6.06. The average Bonchev–Trinajstić information content (AvgIpc) is 3.10. The fourth-order valence-electron chi connectivity index (χ4n) is 3.30. The van der Waals surface area contributed by atoms with Gasteiger partial charge in [-0.1, -0.05) is 42.7 Å². The molecule has 0 spiro atoms. The van der Waals surface area contributed by atoms with Crippen LogP contribution >= 0.6 is 0 Å². The second kappa shape index (κ2) is 6.58. The maximum absolute atomic E-state index is 12.1. The summed E-state index contributed by atoms with van der Waals surface area (Å²) in [5.41, 5.74) is 2.37. The molecule has 1 aliphatic heterocycles. The van der Waals surface area contributed by atoms with Crippen LogP contribution in [0.15, 0.2) is 24.3 Å². The quantitative estimate of drug-likeness (QED) is 0.904. The highest BCUT2D eigenvalue weighted by Crippen LogP contribution is 2.24. The van der Waals surface area contributed by atoms with E-state index in [1.807, 2.05) is 11.0 Å². The van der Waals surface area contributed by atoms with Gasteiger partial charge in [0.25, 0.3) is 0 Å². The van der Waals surface area contributed by atoms with Crippen molar-refractivity contribution >= 4 is 5.91 Å². The molecule has 1 saturated heterocycles. The molecule has 1 saturated carbocycles. The molecule has 1 heterocycles. The minimum absolute atomic E-state index is 0.00965. The summed E-state index contributed by atoms with van der Waals surface area (Å²) in [6.07, 6.45) is 5.31. The summed E-state index contributed by atoms with van der Waals surface area (Å²) in [6.45, 7) is 3.80. The largest absolute Gasteiger partial charge is 0.376 e. The van der Waals surface area contributed by atoms with Crippen LogP contribution in [0.25, 0.3) is 0 Å². The lowest BCUT2D eigenvalue weighted by molar-refractivity contribution is -0.129. The first kappa shape index (κ1) is 14.5. The van der Waals surface area contributed by atoms with E-state index in [4.69, 9.17) is 4.74 Å². The molecular formula is C17H24N2O2. The van der Waals surface area contributed by atoms with Crippen LogP contribution in [0.5, 0.6) is 0 Å². The van der Waals surface area contributed by atoms with E-state index >= 15 is 0 Å². The lowest BCUT2D eigenvalue weighted by atomic mass is 10.1. The molecule has 0 bridgehead atoms. The van der Waals surface area contributed by atoms with Gasteiger partial charge in [0.1, 0.15) is 6.17 Å². The zero-order chi connectivity index (χ0) is 14.7. The number of carbonyl (C=O) groups excluding carboxylic acids is 1. The SMILES string of the molecule is Cc1cccc(C2NCC(=O)N2CCOC2CCCC2)c1. The van der Waals surface area contributed by atoms with Crippen molar-refractivity contribution in [1.29, 1.82) is 0 Å². The van der Waals surface area contributed by atoms with E-state index in [2.05, 4.69) is 30.4 Å². The normalized spacial score (nSPS) is 23.2. The van der Waals surface area contributed by atoms with E-state index in [1.165, 1.54) is 31.2 Å². The Morgan fingerprint density at radius 1 is 1.33 bits per heavy atom. The molecule has 0 radical (unpaired) electrons. The van der Waals surface area contributed by atoms with Crippen LogP contribution < -0.4 is 5.32 Å². The molecule has 2 fully saturated rings. The summed E-state index contributed by atoms with van der Waals surface area (Å²) in [5, 5.41) is 3.30. The molecule has 1 aromatic carbocycles. The molecule has 1 aliphatic carbocycles. The molecule has 1 aromatic rings. The molecule has 21 heavy (non-hydrogen) atoms. The van der Waals surface area contributed by atoms with Crippen LogP contribution in [0.4, 0.5) is 0 Å². The average molecular weight is 288 g/mol. The first-order valence-corrected chi connectivity index (χ1v) is 7.95. The van der Waals surface area contributed by atoms with Crippen molar-refractivity contribution < 1.29 is 9.53 Å². The highest BCUT2D eigenvalue weighted by Gasteiger charge is 2.31. The predicted octanol–water partition coefficient (Wildman–Crippen LogP) is 2.38. The topological polar surface area (TPSA) is 41.6 Å². The number of rotatable bonds is 5. The van der Waals surface area contributed by atoms with Crippen LogP contribution in [-0.2, 0) is 9.53 Å². The Morgan fingerprint density at radius 2 is 2.14 bits per heavy atom. The van der Waals surface area contributed by atoms with Crippen molar-refractivity contribution in [3.63, 3.8) is 0 Å². The first-order valence-electron chi connectivity index (χ1n) is 7.95. The Labute approximate surface area is 126 Å². The Hall–Kier alpha value is -1.39. The maximum atomic E-state index is 12.1. The van der Waals surface area contributed by atoms with Crippen molar-refractivity contribution in [3.05, 3.63) is 35.4 Å². The summed E-state index contributed by atoms with van der Waals surface area (Å²) in [6, 6.07) is 8.34. The maximum Gasteiger partial charge on any atom is 0.238 e. The van der Waals surface area contributed by atoms with Crippen molar-refractivity contribution in [1.82, 2.24) is 10.2 Å². The third kappa shape index (κ3) is 3.44. The summed E-state index contributed by atoms with van der Waals surface area (Å²) in [5.74, 6) is 0.163. The van der Waals surface area contributed by atoms with Crippen molar-refractivity contribution in [2.45, 2.75) is 44.9 Å². The second-order valence-corrected chi connectivity index (χ2v) is 6.06. The number of amides is 1. The smallest absolute Gasteiger partial charge is 0.238 e. The van der Waals surface area contributed by atoms with Gasteiger partial charge in [-0.3, -0.25) is 10.1 Å².